The molecule has 2 amide bonds. The van der Waals surface area contributed by atoms with Crippen LogP contribution in [0, 0.1) is 0 Å². The van der Waals surface area contributed by atoms with Gasteiger partial charge in [0.1, 0.15) is 0 Å². The summed E-state index contributed by atoms with van der Waals surface area (Å²) in [5, 5.41) is 4.66. The van der Waals surface area contributed by atoms with Crippen LogP contribution in [0.2, 0.25) is 0 Å². The molecule has 2 aromatic rings. The monoisotopic (exact) mass is 348 g/mol. The Balaban J connectivity index is 2.04. The van der Waals surface area contributed by atoms with Gasteiger partial charge in [-0.05, 0) is 23.6 Å². The average molecular weight is 348 g/mol. The predicted molar refractivity (Wildman–Crippen MR) is 94.2 cm³/mol. The first-order valence-electron chi connectivity index (χ1n) is 7.38. The van der Waals surface area contributed by atoms with Gasteiger partial charge in [-0.25, -0.2) is 0 Å². The number of anilines is 1. The lowest BCUT2D eigenvalue weighted by Crippen LogP contribution is -2.37. The topological polar surface area (TPSA) is 67.9 Å². The number of hydrogen-bond donors (Lipinski definition) is 1. The molecule has 128 valence electrons. The quantitative estimate of drug-likeness (QED) is 0.835. The molecular weight excluding hydrogens is 328 g/mol. The molecule has 0 atom stereocenters. The smallest absolute Gasteiger partial charge is 0.261 e. The fourth-order valence-corrected chi connectivity index (χ4v) is 2.88. The van der Waals surface area contributed by atoms with E-state index in [0.717, 1.165) is 0 Å². The van der Waals surface area contributed by atoms with E-state index in [-0.39, 0.29) is 11.8 Å². The summed E-state index contributed by atoms with van der Waals surface area (Å²) in [6.45, 7) is 2.20. The maximum atomic E-state index is 11.9. The van der Waals surface area contributed by atoms with Crippen LogP contribution < -0.4 is 19.7 Å². The van der Waals surface area contributed by atoms with Crippen molar-refractivity contribution in [1.29, 1.82) is 0 Å². The highest BCUT2D eigenvalue weighted by atomic mass is 32.1. The van der Waals surface area contributed by atoms with Gasteiger partial charge < -0.3 is 19.7 Å². The Bertz CT molecular complexity index is 701. The van der Waals surface area contributed by atoms with E-state index in [0.29, 0.717) is 35.2 Å². The van der Waals surface area contributed by atoms with Crippen LogP contribution in [0.4, 0.5) is 5.69 Å². The van der Waals surface area contributed by atoms with E-state index < -0.39 is 0 Å². The number of ether oxygens (including phenoxy) is 2. The molecule has 2 rings (SSSR count). The number of amides is 2. The summed E-state index contributed by atoms with van der Waals surface area (Å²) >= 11 is 1.38. The molecule has 1 aromatic heterocycles. The molecule has 0 spiro atoms. The number of methoxy groups -OCH3 is 2. The largest absolute Gasteiger partial charge is 0.493 e. The van der Waals surface area contributed by atoms with Gasteiger partial charge in [-0.2, -0.15) is 0 Å². The Kier molecular flexibility index (Phi) is 6.20. The molecule has 1 N–H and O–H groups in total. The van der Waals surface area contributed by atoms with Crippen LogP contribution in [0.1, 0.15) is 16.6 Å². The molecule has 0 saturated carbocycles. The van der Waals surface area contributed by atoms with Crippen LogP contribution in [0.5, 0.6) is 11.5 Å². The number of rotatable bonds is 7. The highest BCUT2D eigenvalue weighted by Crippen LogP contribution is 2.31. The molecule has 7 heteroatoms. The summed E-state index contributed by atoms with van der Waals surface area (Å²) in [5.41, 5.74) is 0.686. The van der Waals surface area contributed by atoms with Crippen LogP contribution in [0.25, 0.3) is 0 Å². The highest BCUT2D eigenvalue weighted by Gasteiger charge is 2.15. The number of nitrogens with one attached hydrogen (secondary N) is 1. The molecule has 0 saturated heterocycles. The van der Waals surface area contributed by atoms with Crippen molar-refractivity contribution in [3.63, 3.8) is 0 Å². The second kappa shape index (κ2) is 8.35. The first-order chi connectivity index (χ1) is 11.6. The fraction of sp³-hybridized carbons (Fsp3) is 0.294. The molecule has 0 bridgehead atoms. The Morgan fingerprint density at radius 3 is 2.50 bits per heavy atom. The van der Waals surface area contributed by atoms with Gasteiger partial charge in [0.15, 0.2) is 11.5 Å². The van der Waals surface area contributed by atoms with Gasteiger partial charge in [-0.3, -0.25) is 9.59 Å². The lowest BCUT2D eigenvalue weighted by molar-refractivity contribution is -0.116. The van der Waals surface area contributed by atoms with Crippen LogP contribution in [0.15, 0.2) is 35.7 Å². The van der Waals surface area contributed by atoms with Crippen molar-refractivity contribution in [3.8, 4) is 11.5 Å². The lowest BCUT2D eigenvalue weighted by atomic mass is 10.2. The van der Waals surface area contributed by atoms with Gasteiger partial charge in [-0.1, -0.05) is 6.07 Å². The zero-order chi connectivity index (χ0) is 17.5. The fourth-order valence-electron chi connectivity index (χ4n) is 2.24. The van der Waals surface area contributed by atoms with E-state index in [1.807, 2.05) is 11.4 Å². The zero-order valence-electron chi connectivity index (χ0n) is 13.9. The van der Waals surface area contributed by atoms with E-state index in [4.69, 9.17) is 9.47 Å². The van der Waals surface area contributed by atoms with Crippen molar-refractivity contribution in [3.05, 3.63) is 40.6 Å². The van der Waals surface area contributed by atoms with Crippen LogP contribution in [-0.4, -0.2) is 39.1 Å². The molecule has 1 heterocycles. The second-order valence-corrected chi connectivity index (χ2v) is 5.89. The SMILES string of the molecule is COc1ccc(N(CCNC(=O)c2cccs2)C(C)=O)cc1OC. The minimum absolute atomic E-state index is 0.118. The molecule has 0 fully saturated rings. The Hall–Kier alpha value is -2.54. The minimum Gasteiger partial charge on any atom is -0.493 e. The van der Waals surface area contributed by atoms with Crippen molar-refractivity contribution in [1.82, 2.24) is 5.32 Å². The van der Waals surface area contributed by atoms with Gasteiger partial charge >= 0.3 is 0 Å². The zero-order valence-corrected chi connectivity index (χ0v) is 14.7. The average Bonchev–Trinajstić information content (AvgIpc) is 3.12. The van der Waals surface area contributed by atoms with Crippen molar-refractivity contribution in [2.45, 2.75) is 6.92 Å². The normalized spacial score (nSPS) is 10.1. The number of thiophene rings is 1. The summed E-state index contributed by atoms with van der Waals surface area (Å²) in [6.07, 6.45) is 0. The number of benzene rings is 1. The summed E-state index contributed by atoms with van der Waals surface area (Å²) in [7, 11) is 3.10. The van der Waals surface area contributed by atoms with Crippen molar-refractivity contribution < 1.29 is 19.1 Å². The molecule has 6 nitrogen and oxygen atoms in total. The standard InChI is InChI=1S/C17H20N2O4S/c1-12(20)19(9-8-18-17(21)16-5-4-10-24-16)13-6-7-14(22-2)15(11-13)23-3/h4-7,10-11H,8-9H2,1-3H3,(H,18,21). The minimum atomic E-state index is -0.138. The van der Waals surface area contributed by atoms with Gasteiger partial charge in [0.2, 0.25) is 5.91 Å². The van der Waals surface area contributed by atoms with E-state index in [9.17, 15) is 9.59 Å². The molecule has 0 aliphatic rings. The van der Waals surface area contributed by atoms with Crippen molar-refractivity contribution in [2.75, 3.05) is 32.2 Å². The molecule has 0 radical (unpaired) electrons. The Morgan fingerprint density at radius 2 is 1.92 bits per heavy atom. The lowest BCUT2D eigenvalue weighted by Gasteiger charge is -2.22. The van der Waals surface area contributed by atoms with E-state index in [1.54, 1.807) is 43.4 Å². The van der Waals surface area contributed by atoms with Gasteiger partial charge in [0.05, 0.1) is 19.1 Å². The molecule has 1 aromatic carbocycles. The maximum Gasteiger partial charge on any atom is 0.261 e. The number of carbonyl (C=O) groups is 2. The maximum absolute atomic E-state index is 11.9. The highest BCUT2D eigenvalue weighted by molar-refractivity contribution is 7.12. The first kappa shape index (κ1) is 17.8. The molecule has 24 heavy (non-hydrogen) atoms. The van der Waals surface area contributed by atoms with E-state index in [2.05, 4.69) is 5.32 Å². The summed E-state index contributed by atoms with van der Waals surface area (Å²) in [4.78, 5) is 26.1. The molecular formula is C17H20N2O4S. The number of hydrogen-bond acceptors (Lipinski definition) is 5. The third-order valence-corrected chi connectivity index (χ3v) is 4.29. The summed E-state index contributed by atoms with van der Waals surface area (Å²) in [6, 6.07) is 8.85. The number of nitrogens with zero attached hydrogens (tertiary/aromatic N) is 1. The van der Waals surface area contributed by atoms with Crippen LogP contribution >= 0.6 is 11.3 Å². The molecule has 0 unspecified atom stereocenters. The summed E-state index contributed by atoms with van der Waals surface area (Å²) in [5.74, 6) is 0.882. The third kappa shape index (κ3) is 4.26. The van der Waals surface area contributed by atoms with Crippen molar-refractivity contribution >= 4 is 28.8 Å². The van der Waals surface area contributed by atoms with Gasteiger partial charge in [0, 0.05) is 31.8 Å². The van der Waals surface area contributed by atoms with E-state index >= 15 is 0 Å². The molecule has 0 aliphatic heterocycles. The number of carbonyl (C=O) groups excluding carboxylic acids is 2. The van der Waals surface area contributed by atoms with Crippen LogP contribution in [0.3, 0.4) is 0 Å². The molecule has 0 aliphatic carbocycles. The first-order valence-corrected chi connectivity index (χ1v) is 8.26. The van der Waals surface area contributed by atoms with Crippen LogP contribution in [-0.2, 0) is 4.79 Å². The Labute approximate surface area is 145 Å². The second-order valence-electron chi connectivity index (χ2n) is 4.94. The third-order valence-electron chi connectivity index (χ3n) is 3.42. The van der Waals surface area contributed by atoms with Gasteiger partial charge in [-0.15, -0.1) is 11.3 Å². The van der Waals surface area contributed by atoms with E-state index in [1.165, 1.54) is 18.3 Å². The Morgan fingerprint density at radius 1 is 1.17 bits per heavy atom. The van der Waals surface area contributed by atoms with Crippen molar-refractivity contribution in [2.24, 2.45) is 0 Å². The predicted octanol–water partition coefficient (Wildman–Crippen LogP) is 2.55. The van der Waals surface area contributed by atoms with Gasteiger partial charge in [0.25, 0.3) is 5.91 Å². The summed E-state index contributed by atoms with van der Waals surface area (Å²) < 4.78 is 10.5.